The van der Waals surface area contributed by atoms with Crippen molar-refractivity contribution in [2.24, 2.45) is 0 Å². The number of aryl methyl sites for hydroxylation is 1. The molecule has 0 unspecified atom stereocenters. The van der Waals surface area contributed by atoms with Crippen LogP contribution < -0.4 is 14.8 Å². The molecule has 0 atom stereocenters. The summed E-state index contributed by atoms with van der Waals surface area (Å²) in [5.41, 5.74) is 3.87. The Hall–Kier alpha value is -4.54. The Morgan fingerprint density at radius 3 is 2.02 bits per heavy atom. The van der Waals surface area contributed by atoms with Crippen molar-refractivity contribution in [3.05, 3.63) is 102 Å². The van der Waals surface area contributed by atoms with E-state index in [2.05, 4.69) is 23.7 Å². The van der Waals surface area contributed by atoms with Crippen LogP contribution in [-0.2, 0) is 9.53 Å². The van der Waals surface area contributed by atoms with E-state index >= 15 is 0 Å². The monoisotopic (exact) mass is 541 g/mol. The number of ether oxygens (including phenoxy) is 3. The van der Waals surface area contributed by atoms with Crippen LogP contribution >= 0.6 is 0 Å². The molecule has 7 nitrogen and oxygen atoms in total. The second-order valence-corrected chi connectivity index (χ2v) is 8.99. The van der Waals surface area contributed by atoms with Gasteiger partial charge in [0.05, 0.1) is 19.8 Å². The molecule has 208 valence electrons. The second-order valence-electron chi connectivity index (χ2n) is 8.99. The lowest BCUT2D eigenvalue weighted by molar-refractivity contribution is -0.137. The topological polar surface area (TPSA) is 94.1 Å². The Labute approximate surface area is 235 Å². The quantitative estimate of drug-likeness (QED) is 0.118. The number of unbranched alkanes of at least 4 members (excludes halogenated alkanes) is 2. The summed E-state index contributed by atoms with van der Waals surface area (Å²) < 4.78 is 16.3. The highest BCUT2D eigenvalue weighted by molar-refractivity contribution is 6.04. The number of amides is 1. The van der Waals surface area contributed by atoms with Gasteiger partial charge < -0.3 is 24.6 Å². The predicted molar refractivity (Wildman–Crippen MR) is 156 cm³/mol. The van der Waals surface area contributed by atoms with Gasteiger partial charge in [0.2, 0.25) is 0 Å². The Morgan fingerprint density at radius 1 is 0.825 bits per heavy atom. The SMILES string of the molecule is C=CC(=O)OCCCCOc1ccc(C(=O)Nc2ccc(C#Cc3ccc(OCCCCO)cc3)cc2C)cc1. The van der Waals surface area contributed by atoms with Crippen LogP contribution in [0.5, 0.6) is 11.5 Å². The number of anilines is 1. The molecule has 0 saturated carbocycles. The maximum absolute atomic E-state index is 12.8. The van der Waals surface area contributed by atoms with Crippen LogP contribution in [0.2, 0.25) is 0 Å². The fourth-order valence-electron chi connectivity index (χ4n) is 3.59. The first-order valence-corrected chi connectivity index (χ1v) is 13.3. The molecule has 0 saturated heterocycles. The molecule has 0 aliphatic rings. The van der Waals surface area contributed by atoms with Crippen molar-refractivity contribution in [1.29, 1.82) is 0 Å². The third-order valence-corrected chi connectivity index (χ3v) is 5.84. The van der Waals surface area contributed by atoms with E-state index in [0.29, 0.717) is 37.6 Å². The van der Waals surface area contributed by atoms with Gasteiger partial charge in [-0.1, -0.05) is 18.4 Å². The number of carbonyl (C=O) groups excluding carboxylic acids is 2. The average molecular weight is 542 g/mol. The summed E-state index contributed by atoms with van der Waals surface area (Å²) in [7, 11) is 0. The van der Waals surface area contributed by atoms with Gasteiger partial charge in [-0.25, -0.2) is 4.79 Å². The zero-order chi connectivity index (χ0) is 28.6. The molecule has 3 aromatic rings. The summed E-state index contributed by atoms with van der Waals surface area (Å²) >= 11 is 0. The highest BCUT2D eigenvalue weighted by Gasteiger charge is 2.09. The van der Waals surface area contributed by atoms with Gasteiger partial charge in [-0.2, -0.15) is 0 Å². The van der Waals surface area contributed by atoms with Crippen LogP contribution in [0.25, 0.3) is 0 Å². The lowest BCUT2D eigenvalue weighted by Crippen LogP contribution is -2.12. The molecule has 0 spiro atoms. The first kappa shape index (κ1) is 30.0. The molecule has 1 amide bonds. The molecule has 2 N–H and O–H groups in total. The molecule has 0 radical (unpaired) electrons. The zero-order valence-electron chi connectivity index (χ0n) is 22.8. The van der Waals surface area contributed by atoms with Crippen LogP contribution in [0, 0.1) is 18.8 Å². The molecule has 0 aromatic heterocycles. The fourth-order valence-corrected chi connectivity index (χ4v) is 3.59. The lowest BCUT2D eigenvalue weighted by Gasteiger charge is -2.10. The Bertz CT molecular complexity index is 1320. The first-order valence-electron chi connectivity index (χ1n) is 13.3. The average Bonchev–Trinajstić information content (AvgIpc) is 2.98. The number of esters is 1. The van der Waals surface area contributed by atoms with E-state index in [1.54, 1.807) is 24.3 Å². The van der Waals surface area contributed by atoms with Crippen LogP contribution in [0.1, 0.15) is 52.7 Å². The van der Waals surface area contributed by atoms with Crippen molar-refractivity contribution in [3.8, 4) is 23.3 Å². The molecule has 7 heteroatoms. The van der Waals surface area contributed by atoms with Gasteiger partial charge in [-0.05, 0) is 105 Å². The lowest BCUT2D eigenvalue weighted by atomic mass is 10.1. The summed E-state index contributed by atoms with van der Waals surface area (Å²) in [6.45, 7) is 6.85. The van der Waals surface area contributed by atoms with Crippen LogP contribution in [-0.4, -0.2) is 43.4 Å². The third-order valence-electron chi connectivity index (χ3n) is 5.84. The van der Waals surface area contributed by atoms with E-state index in [9.17, 15) is 9.59 Å². The normalized spacial score (nSPS) is 10.2. The standard InChI is InChI=1S/C33H35NO6/c1-3-32(36)40-23-7-6-22-39-30-17-13-28(14-18-30)33(37)34-31-19-12-27(24-25(31)2)9-8-26-10-15-29(16-11-26)38-21-5-4-20-35/h3,10-19,24,35H,1,4-7,20-23H2,2H3,(H,34,37). The largest absolute Gasteiger partial charge is 0.494 e. The van der Waals surface area contributed by atoms with Gasteiger partial charge in [-0.3, -0.25) is 4.79 Å². The van der Waals surface area contributed by atoms with Crippen molar-refractivity contribution < 1.29 is 28.9 Å². The Balaban J connectivity index is 1.47. The maximum Gasteiger partial charge on any atom is 0.330 e. The van der Waals surface area contributed by atoms with Gasteiger partial charge in [0.25, 0.3) is 5.91 Å². The van der Waals surface area contributed by atoms with Crippen LogP contribution in [0.15, 0.2) is 79.4 Å². The first-order chi connectivity index (χ1) is 19.5. The smallest absolute Gasteiger partial charge is 0.330 e. The number of carbonyl (C=O) groups is 2. The molecule has 0 fully saturated rings. The molecule has 3 rings (SSSR count). The molecular formula is C33H35NO6. The summed E-state index contributed by atoms with van der Waals surface area (Å²) in [6.07, 6.45) is 4.12. The van der Waals surface area contributed by atoms with Crippen molar-refractivity contribution >= 4 is 17.6 Å². The van der Waals surface area contributed by atoms with E-state index in [4.69, 9.17) is 19.3 Å². The molecule has 40 heavy (non-hydrogen) atoms. The number of aliphatic hydroxyl groups excluding tert-OH is 1. The van der Waals surface area contributed by atoms with E-state index in [0.717, 1.165) is 53.5 Å². The van der Waals surface area contributed by atoms with Gasteiger partial charge >= 0.3 is 5.97 Å². The van der Waals surface area contributed by atoms with E-state index < -0.39 is 5.97 Å². The summed E-state index contributed by atoms with van der Waals surface area (Å²) in [5.74, 6) is 7.13. The fraction of sp³-hybridized carbons (Fsp3) is 0.273. The van der Waals surface area contributed by atoms with E-state index in [1.165, 1.54) is 0 Å². The van der Waals surface area contributed by atoms with Gasteiger partial charge in [0.1, 0.15) is 11.5 Å². The molecule has 3 aromatic carbocycles. The van der Waals surface area contributed by atoms with Crippen molar-refractivity contribution in [2.75, 3.05) is 31.7 Å². The van der Waals surface area contributed by atoms with Crippen molar-refractivity contribution in [3.63, 3.8) is 0 Å². The summed E-state index contributed by atoms with van der Waals surface area (Å²) in [6, 6.07) is 20.2. The number of hydrogen-bond acceptors (Lipinski definition) is 6. The molecular weight excluding hydrogens is 506 g/mol. The predicted octanol–water partition coefficient (Wildman–Crippen LogP) is 5.69. The highest BCUT2D eigenvalue weighted by atomic mass is 16.5. The zero-order valence-corrected chi connectivity index (χ0v) is 22.8. The highest BCUT2D eigenvalue weighted by Crippen LogP contribution is 2.19. The number of rotatable bonds is 14. The van der Waals surface area contributed by atoms with Crippen LogP contribution in [0.4, 0.5) is 5.69 Å². The van der Waals surface area contributed by atoms with Gasteiger partial charge in [0, 0.05) is 35.1 Å². The summed E-state index contributed by atoms with van der Waals surface area (Å²) in [4.78, 5) is 23.8. The van der Waals surface area contributed by atoms with Crippen molar-refractivity contribution in [1.82, 2.24) is 0 Å². The summed E-state index contributed by atoms with van der Waals surface area (Å²) in [5, 5.41) is 11.8. The number of benzene rings is 3. The molecule has 0 bridgehead atoms. The van der Waals surface area contributed by atoms with Crippen molar-refractivity contribution in [2.45, 2.75) is 32.6 Å². The number of aliphatic hydroxyl groups is 1. The van der Waals surface area contributed by atoms with Gasteiger partial charge in [-0.15, -0.1) is 0 Å². The minimum atomic E-state index is -0.426. The van der Waals surface area contributed by atoms with Crippen LogP contribution in [0.3, 0.4) is 0 Å². The third kappa shape index (κ3) is 10.3. The maximum atomic E-state index is 12.8. The minimum absolute atomic E-state index is 0.177. The number of hydrogen-bond donors (Lipinski definition) is 2. The Morgan fingerprint density at radius 2 is 1.40 bits per heavy atom. The molecule has 0 heterocycles. The molecule has 0 aliphatic carbocycles. The minimum Gasteiger partial charge on any atom is -0.494 e. The number of nitrogens with one attached hydrogen (secondary N) is 1. The second kappa shape index (κ2) is 16.4. The molecule has 0 aliphatic heterocycles. The van der Waals surface area contributed by atoms with E-state index in [-0.39, 0.29) is 12.5 Å². The van der Waals surface area contributed by atoms with Gasteiger partial charge in [0.15, 0.2) is 0 Å². The Kier molecular flexibility index (Phi) is 12.3. The van der Waals surface area contributed by atoms with E-state index in [1.807, 2.05) is 49.4 Å².